The predicted octanol–water partition coefficient (Wildman–Crippen LogP) is 4.86. The molecule has 1 aromatic carbocycles. The van der Waals surface area contributed by atoms with Crippen LogP contribution in [0.2, 0.25) is 0 Å². The molecule has 0 aliphatic rings. The minimum atomic E-state index is 0.387. The second-order valence-electron chi connectivity index (χ2n) is 4.78. The molecule has 1 unspecified atom stereocenters. The summed E-state index contributed by atoms with van der Waals surface area (Å²) in [6.45, 7) is 6.60. The van der Waals surface area contributed by atoms with Gasteiger partial charge in [-0.3, -0.25) is 0 Å². The zero-order valence-electron chi connectivity index (χ0n) is 11.3. The molecule has 2 rings (SSSR count). The number of nitrogens with one attached hydrogen (secondary N) is 1. The molecule has 0 fully saturated rings. The van der Waals surface area contributed by atoms with Gasteiger partial charge in [0, 0.05) is 17.0 Å². The van der Waals surface area contributed by atoms with Crippen LogP contribution < -0.4 is 5.32 Å². The van der Waals surface area contributed by atoms with Gasteiger partial charge in [-0.15, -0.1) is 11.3 Å². The Labute approximate surface area is 114 Å². The molecule has 0 spiro atoms. The quantitative estimate of drug-likeness (QED) is 0.808. The summed E-state index contributed by atoms with van der Waals surface area (Å²) in [5.41, 5.74) is 2.67. The molecule has 0 aliphatic heterocycles. The van der Waals surface area contributed by atoms with Crippen LogP contribution >= 0.6 is 11.3 Å². The van der Waals surface area contributed by atoms with Gasteiger partial charge < -0.3 is 5.32 Å². The second-order valence-corrected chi connectivity index (χ2v) is 5.75. The smallest absolute Gasteiger partial charge is 0.0416 e. The predicted molar refractivity (Wildman–Crippen MR) is 80.1 cm³/mol. The summed E-state index contributed by atoms with van der Waals surface area (Å²) in [5, 5.41) is 5.86. The average Bonchev–Trinajstić information content (AvgIpc) is 2.90. The van der Waals surface area contributed by atoms with Crippen molar-refractivity contribution in [3.63, 3.8) is 0 Å². The van der Waals surface area contributed by atoms with E-state index in [0.717, 1.165) is 6.42 Å². The SMILES string of the molecule is CCC(N[C@H](C)c1ccc(C)cc1)c1cccs1. The summed E-state index contributed by atoms with van der Waals surface area (Å²) < 4.78 is 0. The van der Waals surface area contributed by atoms with Crippen molar-refractivity contribution in [3.05, 3.63) is 57.8 Å². The Morgan fingerprint density at radius 3 is 2.44 bits per heavy atom. The summed E-state index contributed by atoms with van der Waals surface area (Å²) >= 11 is 1.83. The zero-order valence-corrected chi connectivity index (χ0v) is 12.1. The second kappa shape index (κ2) is 6.17. The van der Waals surface area contributed by atoms with E-state index in [1.807, 2.05) is 11.3 Å². The Morgan fingerprint density at radius 1 is 1.17 bits per heavy atom. The van der Waals surface area contributed by atoms with Crippen molar-refractivity contribution < 1.29 is 0 Å². The van der Waals surface area contributed by atoms with Crippen molar-refractivity contribution in [2.24, 2.45) is 0 Å². The van der Waals surface area contributed by atoms with Gasteiger partial charge in [0.15, 0.2) is 0 Å². The summed E-state index contributed by atoms with van der Waals surface area (Å²) in [6.07, 6.45) is 1.12. The van der Waals surface area contributed by atoms with E-state index in [1.54, 1.807) is 0 Å². The van der Waals surface area contributed by atoms with Crippen LogP contribution in [0.25, 0.3) is 0 Å². The molecule has 0 aliphatic carbocycles. The Morgan fingerprint density at radius 2 is 1.89 bits per heavy atom. The Bertz CT molecular complexity index is 458. The van der Waals surface area contributed by atoms with Gasteiger partial charge in [0.2, 0.25) is 0 Å². The lowest BCUT2D eigenvalue weighted by atomic mass is 10.0. The van der Waals surface area contributed by atoms with Crippen molar-refractivity contribution >= 4 is 11.3 Å². The van der Waals surface area contributed by atoms with E-state index in [2.05, 4.69) is 67.9 Å². The third-order valence-electron chi connectivity index (χ3n) is 3.32. The van der Waals surface area contributed by atoms with E-state index in [9.17, 15) is 0 Å². The largest absolute Gasteiger partial charge is 0.303 e. The highest BCUT2D eigenvalue weighted by Crippen LogP contribution is 2.25. The molecule has 1 N–H and O–H groups in total. The van der Waals surface area contributed by atoms with Crippen molar-refractivity contribution in [3.8, 4) is 0 Å². The topological polar surface area (TPSA) is 12.0 Å². The molecule has 0 amide bonds. The maximum absolute atomic E-state index is 3.72. The number of thiophene rings is 1. The Kier molecular flexibility index (Phi) is 4.56. The fourth-order valence-electron chi connectivity index (χ4n) is 2.14. The Balaban J connectivity index is 2.05. The van der Waals surface area contributed by atoms with E-state index in [-0.39, 0.29) is 0 Å². The first kappa shape index (κ1) is 13.3. The van der Waals surface area contributed by atoms with Gasteiger partial charge in [-0.2, -0.15) is 0 Å². The van der Waals surface area contributed by atoms with Crippen LogP contribution in [0.15, 0.2) is 41.8 Å². The molecule has 1 nitrogen and oxygen atoms in total. The zero-order chi connectivity index (χ0) is 13.0. The normalized spacial score (nSPS) is 14.4. The first-order valence-corrected chi connectivity index (χ1v) is 7.44. The molecule has 2 atom stereocenters. The molecule has 0 saturated carbocycles. The highest BCUT2D eigenvalue weighted by Gasteiger charge is 2.14. The van der Waals surface area contributed by atoms with E-state index < -0.39 is 0 Å². The molecule has 0 radical (unpaired) electrons. The van der Waals surface area contributed by atoms with E-state index >= 15 is 0 Å². The van der Waals surface area contributed by atoms with Crippen LogP contribution in [0.4, 0.5) is 0 Å². The van der Waals surface area contributed by atoms with E-state index in [0.29, 0.717) is 12.1 Å². The van der Waals surface area contributed by atoms with Gasteiger partial charge in [0.05, 0.1) is 0 Å². The minimum absolute atomic E-state index is 0.387. The lowest BCUT2D eigenvalue weighted by molar-refractivity contribution is 0.462. The van der Waals surface area contributed by atoms with Crippen LogP contribution in [0, 0.1) is 6.92 Å². The van der Waals surface area contributed by atoms with E-state index in [4.69, 9.17) is 0 Å². The first-order valence-electron chi connectivity index (χ1n) is 6.56. The molecule has 1 heterocycles. The van der Waals surface area contributed by atoms with Crippen LogP contribution in [-0.2, 0) is 0 Å². The average molecular weight is 259 g/mol. The summed E-state index contributed by atoms with van der Waals surface area (Å²) in [5.74, 6) is 0. The summed E-state index contributed by atoms with van der Waals surface area (Å²) in [7, 11) is 0. The number of hydrogen-bond acceptors (Lipinski definition) is 2. The molecule has 2 aromatic rings. The minimum Gasteiger partial charge on any atom is -0.303 e. The highest BCUT2D eigenvalue weighted by atomic mass is 32.1. The highest BCUT2D eigenvalue weighted by molar-refractivity contribution is 7.10. The maximum Gasteiger partial charge on any atom is 0.0416 e. The monoisotopic (exact) mass is 259 g/mol. The third kappa shape index (κ3) is 3.21. The third-order valence-corrected chi connectivity index (χ3v) is 4.31. The van der Waals surface area contributed by atoms with Crippen LogP contribution in [-0.4, -0.2) is 0 Å². The molecule has 2 heteroatoms. The van der Waals surface area contributed by atoms with Crippen molar-refractivity contribution in [2.75, 3.05) is 0 Å². The van der Waals surface area contributed by atoms with Crippen molar-refractivity contribution in [1.82, 2.24) is 5.32 Å². The molecule has 1 aromatic heterocycles. The number of hydrogen-bond donors (Lipinski definition) is 1. The molecule has 0 bridgehead atoms. The van der Waals surface area contributed by atoms with Crippen LogP contribution in [0.5, 0.6) is 0 Å². The van der Waals surface area contributed by atoms with E-state index in [1.165, 1.54) is 16.0 Å². The molecular formula is C16H21NS. The van der Waals surface area contributed by atoms with Crippen molar-refractivity contribution in [1.29, 1.82) is 0 Å². The number of aryl methyl sites for hydroxylation is 1. The van der Waals surface area contributed by atoms with Crippen LogP contribution in [0.3, 0.4) is 0 Å². The van der Waals surface area contributed by atoms with Crippen LogP contribution in [0.1, 0.15) is 48.4 Å². The lowest BCUT2D eigenvalue weighted by Crippen LogP contribution is -2.23. The lowest BCUT2D eigenvalue weighted by Gasteiger charge is -2.22. The Hall–Kier alpha value is -1.12. The van der Waals surface area contributed by atoms with Gasteiger partial charge in [-0.05, 0) is 37.3 Å². The molecule has 18 heavy (non-hydrogen) atoms. The number of rotatable bonds is 5. The fraction of sp³-hybridized carbons (Fsp3) is 0.375. The van der Waals surface area contributed by atoms with Gasteiger partial charge in [0.1, 0.15) is 0 Å². The number of benzene rings is 1. The summed E-state index contributed by atoms with van der Waals surface area (Å²) in [6, 6.07) is 14.0. The van der Waals surface area contributed by atoms with Crippen molar-refractivity contribution in [2.45, 2.75) is 39.3 Å². The first-order chi connectivity index (χ1) is 8.70. The van der Waals surface area contributed by atoms with Gasteiger partial charge in [-0.25, -0.2) is 0 Å². The van der Waals surface area contributed by atoms with Gasteiger partial charge in [-0.1, -0.05) is 42.8 Å². The maximum atomic E-state index is 3.72. The van der Waals surface area contributed by atoms with Gasteiger partial charge in [0.25, 0.3) is 0 Å². The summed E-state index contributed by atoms with van der Waals surface area (Å²) in [4.78, 5) is 1.43. The molecule has 96 valence electrons. The fourth-order valence-corrected chi connectivity index (χ4v) is 3.01. The van der Waals surface area contributed by atoms with Gasteiger partial charge >= 0.3 is 0 Å². The standard InChI is InChI=1S/C16H21NS/c1-4-15(16-6-5-11-18-16)17-13(3)14-9-7-12(2)8-10-14/h5-11,13,15,17H,4H2,1-3H3/t13-,15?/m1/s1. The molecular weight excluding hydrogens is 238 g/mol. The molecule has 0 saturated heterocycles.